The number of hydrogen-bond acceptors (Lipinski definition) is 5. The predicted octanol–water partition coefficient (Wildman–Crippen LogP) is 4.57. The maximum absolute atomic E-state index is 14.1. The Morgan fingerprint density at radius 3 is 2.13 bits per heavy atom. The number of likely N-dealkylation sites (tertiary alicyclic amines) is 1. The van der Waals surface area contributed by atoms with E-state index in [2.05, 4.69) is 63.2 Å². The zero-order chi connectivity index (χ0) is 26.1. The van der Waals surface area contributed by atoms with Crippen LogP contribution in [0.25, 0.3) is 0 Å². The van der Waals surface area contributed by atoms with Gasteiger partial charge in [0.1, 0.15) is 5.54 Å². The van der Waals surface area contributed by atoms with Crippen LogP contribution in [0.3, 0.4) is 0 Å². The number of likely N-dealkylation sites (N-methyl/N-ethyl adjacent to an activating group) is 1. The van der Waals surface area contributed by atoms with E-state index in [9.17, 15) is 9.59 Å². The van der Waals surface area contributed by atoms with Gasteiger partial charge in [0, 0.05) is 63.7 Å². The molecule has 2 aromatic carbocycles. The summed E-state index contributed by atoms with van der Waals surface area (Å²) in [5.74, 6) is 0.0406. The molecule has 0 aromatic heterocycles. The van der Waals surface area contributed by atoms with Gasteiger partial charge in [0.15, 0.2) is 0 Å². The maximum atomic E-state index is 14.1. The summed E-state index contributed by atoms with van der Waals surface area (Å²) in [6.07, 6.45) is 5.87. The van der Waals surface area contributed by atoms with Crippen molar-refractivity contribution >= 4 is 23.3 Å². The van der Waals surface area contributed by atoms with Crippen molar-refractivity contribution in [2.24, 2.45) is 0 Å². The van der Waals surface area contributed by atoms with Crippen LogP contribution in [0.4, 0.5) is 16.2 Å². The van der Waals surface area contributed by atoms with E-state index in [-0.39, 0.29) is 18.0 Å². The van der Waals surface area contributed by atoms with Crippen LogP contribution in [0.15, 0.2) is 54.6 Å². The van der Waals surface area contributed by atoms with E-state index in [1.807, 2.05) is 17.9 Å². The van der Waals surface area contributed by atoms with Gasteiger partial charge in [0.05, 0.1) is 6.04 Å². The minimum absolute atomic E-state index is 0.0406. The Kier molecular flexibility index (Phi) is 7.04. The number of benzene rings is 2. The fourth-order valence-electron chi connectivity index (χ4n) is 7.15. The molecule has 0 aliphatic carbocycles. The third-order valence-electron chi connectivity index (χ3n) is 9.27. The molecule has 0 saturated carbocycles. The van der Waals surface area contributed by atoms with Gasteiger partial charge in [-0.15, -0.1) is 0 Å². The van der Waals surface area contributed by atoms with Gasteiger partial charge in [-0.05, 0) is 75.3 Å². The molecule has 6 rings (SSSR count). The molecule has 4 saturated heterocycles. The minimum Gasteiger partial charge on any atom is -0.372 e. The summed E-state index contributed by atoms with van der Waals surface area (Å²) in [5, 5.41) is 0. The van der Waals surface area contributed by atoms with Crippen LogP contribution in [0, 0.1) is 0 Å². The van der Waals surface area contributed by atoms with Gasteiger partial charge in [-0.3, -0.25) is 14.6 Å². The number of carbonyl (C=O) groups excluding carboxylic acids is 2. The normalized spacial score (nSPS) is 24.2. The fraction of sp³-hybridized carbons (Fsp3) is 0.548. The van der Waals surface area contributed by atoms with E-state index in [4.69, 9.17) is 0 Å². The smallest absolute Gasteiger partial charge is 0.327 e. The van der Waals surface area contributed by atoms with Crippen molar-refractivity contribution in [3.8, 4) is 0 Å². The quantitative estimate of drug-likeness (QED) is 0.528. The first kappa shape index (κ1) is 25.2. The molecule has 202 valence electrons. The van der Waals surface area contributed by atoms with E-state index < -0.39 is 5.54 Å². The van der Waals surface area contributed by atoms with Crippen molar-refractivity contribution in [3.63, 3.8) is 0 Å². The van der Waals surface area contributed by atoms with Gasteiger partial charge in [-0.25, -0.2) is 4.79 Å². The van der Waals surface area contributed by atoms with Crippen molar-refractivity contribution < 1.29 is 9.59 Å². The Morgan fingerprint density at radius 2 is 1.45 bits per heavy atom. The molecule has 1 atom stereocenters. The number of anilines is 2. The van der Waals surface area contributed by atoms with Crippen molar-refractivity contribution in [2.45, 2.75) is 63.6 Å². The average Bonchev–Trinajstić information content (AvgIpc) is 3.57. The molecule has 4 aliphatic heterocycles. The second-order valence-corrected chi connectivity index (χ2v) is 11.4. The number of piperidine rings is 2. The highest BCUT2D eigenvalue weighted by molar-refractivity contribution is 6.07. The standard InChI is InChI=1S/C31H41N5O2/c1-2-35-30(38)36(28-11-8-20-34(24-28)26-9-4-3-5-10-26)29(37)31(35)16-21-32(22-17-31)23-25-12-14-27(15-13-25)33-18-6-7-19-33/h3-5,9-10,12-15,28H,2,6-8,11,16-24H2,1H3. The van der Waals surface area contributed by atoms with Crippen LogP contribution in [0.1, 0.15) is 51.0 Å². The molecule has 7 heteroatoms. The number of hydrogen-bond donors (Lipinski definition) is 0. The molecule has 4 aliphatic rings. The highest BCUT2D eigenvalue weighted by Crippen LogP contribution is 2.39. The number of rotatable bonds is 6. The topological polar surface area (TPSA) is 50.3 Å². The van der Waals surface area contributed by atoms with Gasteiger partial charge in [0.25, 0.3) is 5.91 Å². The number of nitrogens with zero attached hydrogens (tertiary/aromatic N) is 5. The summed E-state index contributed by atoms with van der Waals surface area (Å²) in [6, 6.07) is 19.2. The number of para-hydroxylation sites is 1. The van der Waals surface area contributed by atoms with Crippen LogP contribution in [0.2, 0.25) is 0 Å². The van der Waals surface area contributed by atoms with Crippen LogP contribution < -0.4 is 9.80 Å². The van der Waals surface area contributed by atoms with Crippen molar-refractivity contribution in [2.75, 3.05) is 55.6 Å². The summed E-state index contributed by atoms with van der Waals surface area (Å²) >= 11 is 0. The zero-order valence-corrected chi connectivity index (χ0v) is 22.7. The average molecular weight is 516 g/mol. The van der Waals surface area contributed by atoms with Gasteiger partial charge in [-0.2, -0.15) is 0 Å². The third kappa shape index (κ3) is 4.55. The number of amides is 3. The summed E-state index contributed by atoms with van der Waals surface area (Å²) in [4.78, 5) is 38.5. The largest absolute Gasteiger partial charge is 0.372 e. The lowest BCUT2D eigenvalue weighted by molar-refractivity contribution is -0.137. The Bertz CT molecular complexity index is 1120. The van der Waals surface area contributed by atoms with E-state index in [0.29, 0.717) is 25.9 Å². The second-order valence-electron chi connectivity index (χ2n) is 11.4. The Morgan fingerprint density at radius 1 is 0.789 bits per heavy atom. The van der Waals surface area contributed by atoms with Gasteiger partial charge in [-0.1, -0.05) is 30.3 Å². The molecule has 0 bridgehead atoms. The maximum Gasteiger partial charge on any atom is 0.327 e. The molecule has 3 amide bonds. The lowest BCUT2D eigenvalue weighted by Crippen LogP contribution is -2.57. The van der Waals surface area contributed by atoms with E-state index >= 15 is 0 Å². The van der Waals surface area contributed by atoms with Gasteiger partial charge in [0.2, 0.25) is 0 Å². The first-order chi connectivity index (χ1) is 18.6. The molecular weight excluding hydrogens is 474 g/mol. The van der Waals surface area contributed by atoms with Crippen LogP contribution in [0.5, 0.6) is 0 Å². The lowest BCUT2D eigenvalue weighted by Gasteiger charge is -2.42. The Labute approximate surface area is 227 Å². The van der Waals surface area contributed by atoms with Crippen molar-refractivity contribution in [3.05, 3.63) is 60.2 Å². The molecule has 4 fully saturated rings. The second kappa shape index (κ2) is 10.6. The molecule has 38 heavy (non-hydrogen) atoms. The molecular formula is C31H41N5O2. The van der Waals surface area contributed by atoms with Crippen molar-refractivity contribution in [1.29, 1.82) is 0 Å². The highest BCUT2D eigenvalue weighted by Gasteiger charge is 2.59. The van der Waals surface area contributed by atoms with E-state index in [1.54, 1.807) is 4.90 Å². The molecule has 1 unspecified atom stereocenters. The number of carbonyl (C=O) groups is 2. The first-order valence-corrected chi connectivity index (χ1v) is 14.6. The minimum atomic E-state index is -0.684. The molecule has 0 N–H and O–H groups in total. The van der Waals surface area contributed by atoms with E-state index in [1.165, 1.54) is 29.8 Å². The Balaban J connectivity index is 1.12. The number of urea groups is 1. The molecule has 7 nitrogen and oxygen atoms in total. The SMILES string of the molecule is CCN1C(=O)N(C2CCCN(c3ccccc3)C2)C(=O)C12CCN(Cc1ccc(N3CCCC3)cc1)CC2. The molecule has 4 heterocycles. The fourth-order valence-corrected chi connectivity index (χ4v) is 7.15. The predicted molar refractivity (Wildman–Crippen MR) is 151 cm³/mol. The first-order valence-electron chi connectivity index (χ1n) is 14.6. The van der Waals surface area contributed by atoms with Gasteiger partial charge >= 0.3 is 6.03 Å². The molecule has 1 spiro atoms. The highest BCUT2D eigenvalue weighted by atomic mass is 16.2. The van der Waals surface area contributed by atoms with Gasteiger partial charge < -0.3 is 14.7 Å². The third-order valence-corrected chi connectivity index (χ3v) is 9.27. The number of imide groups is 1. The molecule has 0 radical (unpaired) electrons. The van der Waals surface area contributed by atoms with E-state index in [0.717, 1.165) is 52.1 Å². The summed E-state index contributed by atoms with van der Waals surface area (Å²) in [7, 11) is 0. The zero-order valence-electron chi connectivity index (χ0n) is 22.7. The summed E-state index contributed by atoms with van der Waals surface area (Å²) in [5.41, 5.74) is 3.12. The van der Waals surface area contributed by atoms with Crippen LogP contribution in [-0.2, 0) is 11.3 Å². The van der Waals surface area contributed by atoms with Crippen molar-refractivity contribution in [1.82, 2.24) is 14.7 Å². The monoisotopic (exact) mass is 515 g/mol. The van der Waals surface area contributed by atoms with Crippen LogP contribution >= 0.6 is 0 Å². The van der Waals surface area contributed by atoms with Crippen LogP contribution in [-0.4, -0.2) is 84.0 Å². The lowest BCUT2D eigenvalue weighted by atomic mass is 9.85. The summed E-state index contributed by atoms with van der Waals surface area (Å²) < 4.78 is 0. The summed E-state index contributed by atoms with van der Waals surface area (Å²) in [6.45, 7) is 9.16. The molecule has 2 aromatic rings. The Hall–Kier alpha value is -3.06.